The number of amides is 1. The van der Waals surface area contributed by atoms with Gasteiger partial charge in [-0.2, -0.15) is 0 Å². The third-order valence-electron chi connectivity index (χ3n) is 7.19. The van der Waals surface area contributed by atoms with Crippen LogP contribution < -0.4 is 4.90 Å². The molecule has 0 aliphatic carbocycles. The molecule has 1 aliphatic heterocycles. The van der Waals surface area contributed by atoms with Gasteiger partial charge in [-0.05, 0) is 30.7 Å². The van der Waals surface area contributed by atoms with E-state index in [-0.39, 0.29) is 16.8 Å². The van der Waals surface area contributed by atoms with Crippen LogP contribution in [0.4, 0.5) is 11.4 Å². The van der Waals surface area contributed by atoms with Gasteiger partial charge < -0.3 is 14.4 Å². The molecule has 1 aliphatic rings. The summed E-state index contributed by atoms with van der Waals surface area (Å²) in [6, 6.07) is 24.9. The van der Waals surface area contributed by atoms with Crippen LogP contribution in [0.15, 0.2) is 84.0 Å². The first-order valence-corrected chi connectivity index (χ1v) is 14.0. The molecule has 0 spiro atoms. The van der Waals surface area contributed by atoms with Crippen LogP contribution in [0.25, 0.3) is 22.1 Å². The van der Waals surface area contributed by atoms with Crippen molar-refractivity contribution in [3.05, 3.63) is 94.5 Å². The second kappa shape index (κ2) is 10.9. The summed E-state index contributed by atoms with van der Waals surface area (Å²) >= 11 is 1.32. The molecular weight excluding hydrogens is 526 g/mol. The molecule has 3 aromatic carbocycles. The first kappa shape index (κ1) is 25.8. The third-order valence-corrected chi connectivity index (χ3v) is 8.12. The van der Waals surface area contributed by atoms with E-state index in [1.54, 1.807) is 12.1 Å². The van der Waals surface area contributed by atoms with E-state index in [4.69, 9.17) is 4.98 Å². The normalized spacial score (nSPS) is 14.5. The molecule has 1 unspecified atom stereocenters. The van der Waals surface area contributed by atoms with E-state index >= 15 is 0 Å². The van der Waals surface area contributed by atoms with Crippen molar-refractivity contribution in [2.45, 2.75) is 23.9 Å². The number of anilines is 1. The number of benzene rings is 3. The molecule has 0 saturated carbocycles. The Morgan fingerprint density at radius 2 is 1.65 bits per heavy atom. The Balaban J connectivity index is 1.16. The predicted octanol–water partition coefficient (Wildman–Crippen LogP) is 4.77. The minimum absolute atomic E-state index is 0.0295. The first-order valence-electron chi connectivity index (χ1n) is 13.1. The lowest BCUT2D eigenvalue weighted by atomic mass is 10.2. The number of non-ortho nitro benzene ring substituents is 1. The number of carbonyl (C=O) groups is 1. The molecule has 40 heavy (non-hydrogen) atoms. The van der Waals surface area contributed by atoms with Gasteiger partial charge in [0.15, 0.2) is 5.65 Å². The Bertz CT molecular complexity index is 1680. The molecule has 202 valence electrons. The summed E-state index contributed by atoms with van der Waals surface area (Å²) in [4.78, 5) is 32.7. The van der Waals surface area contributed by atoms with Crippen molar-refractivity contribution in [1.82, 2.24) is 24.6 Å². The number of nitro benzene ring substituents is 1. The summed E-state index contributed by atoms with van der Waals surface area (Å²) in [7, 11) is 0. The smallest absolute Gasteiger partial charge is 0.269 e. The van der Waals surface area contributed by atoms with Crippen LogP contribution >= 0.6 is 11.8 Å². The van der Waals surface area contributed by atoms with Crippen LogP contribution in [-0.2, 0) is 11.3 Å². The number of carbonyl (C=O) groups excluding carboxylic acids is 1. The monoisotopic (exact) mass is 553 g/mol. The molecule has 1 amide bonds. The molecule has 1 atom stereocenters. The van der Waals surface area contributed by atoms with Crippen LogP contribution in [0, 0.1) is 10.1 Å². The fourth-order valence-electron chi connectivity index (χ4n) is 5.10. The maximum absolute atomic E-state index is 13.3. The standard InChI is InChI=1S/C29H27N7O3S/c1-20(28(37)34-17-15-33(16-18-34)22-11-13-23(14-12-22)36(38)39)40-29-30-27-26(31-32-29)24-9-5-6-10-25(24)35(27)19-21-7-3-2-4-8-21/h2-14,20H,15-19H2,1H3. The van der Waals surface area contributed by atoms with Crippen molar-refractivity contribution in [2.24, 2.45) is 0 Å². The molecular formula is C29H27N7O3S. The zero-order valence-corrected chi connectivity index (χ0v) is 22.7. The van der Waals surface area contributed by atoms with Crippen molar-refractivity contribution in [1.29, 1.82) is 0 Å². The number of para-hydroxylation sites is 1. The highest BCUT2D eigenvalue weighted by molar-refractivity contribution is 8.00. The Labute approximate surface area is 234 Å². The van der Waals surface area contributed by atoms with Crippen molar-refractivity contribution >= 4 is 51.1 Å². The van der Waals surface area contributed by atoms with Gasteiger partial charge >= 0.3 is 0 Å². The van der Waals surface area contributed by atoms with Gasteiger partial charge in [-0.15, -0.1) is 10.2 Å². The fraction of sp³-hybridized carbons (Fsp3) is 0.241. The van der Waals surface area contributed by atoms with Gasteiger partial charge in [0.25, 0.3) is 5.69 Å². The highest BCUT2D eigenvalue weighted by Gasteiger charge is 2.27. The van der Waals surface area contributed by atoms with Crippen LogP contribution in [0.5, 0.6) is 0 Å². The van der Waals surface area contributed by atoms with Gasteiger partial charge in [0, 0.05) is 55.9 Å². The van der Waals surface area contributed by atoms with Crippen molar-refractivity contribution < 1.29 is 9.72 Å². The topological polar surface area (TPSA) is 110 Å². The Kier molecular flexibility index (Phi) is 7.04. The zero-order valence-electron chi connectivity index (χ0n) is 21.9. The zero-order chi connectivity index (χ0) is 27.6. The van der Waals surface area contributed by atoms with Crippen LogP contribution in [-0.4, -0.2) is 66.9 Å². The summed E-state index contributed by atoms with van der Waals surface area (Å²) in [6.07, 6.45) is 0. The molecule has 0 radical (unpaired) electrons. The summed E-state index contributed by atoms with van der Waals surface area (Å²) < 4.78 is 2.16. The third kappa shape index (κ3) is 5.07. The highest BCUT2D eigenvalue weighted by Crippen LogP contribution is 2.29. The number of hydrogen-bond acceptors (Lipinski definition) is 8. The summed E-state index contributed by atoms with van der Waals surface area (Å²) in [5.74, 6) is 0.0295. The number of aromatic nitrogens is 4. The van der Waals surface area contributed by atoms with Gasteiger partial charge in [-0.25, -0.2) is 4.98 Å². The van der Waals surface area contributed by atoms with Gasteiger partial charge in [-0.3, -0.25) is 14.9 Å². The van der Waals surface area contributed by atoms with Gasteiger partial charge in [-0.1, -0.05) is 60.3 Å². The lowest BCUT2D eigenvalue weighted by Gasteiger charge is -2.37. The molecule has 10 nitrogen and oxygen atoms in total. The number of piperazine rings is 1. The molecule has 5 aromatic rings. The number of hydrogen-bond donors (Lipinski definition) is 0. The number of rotatable bonds is 7. The first-order chi connectivity index (χ1) is 19.5. The van der Waals surface area contributed by atoms with Gasteiger partial charge in [0.05, 0.1) is 15.7 Å². The number of thioether (sulfide) groups is 1. The Hall–Kier alpha value is -4.51. The van der Waals surface area contributed by atoms with Crippen LogP contribution in [0.2, 0.25) is 0 Å². The number of fused-ring (bicyclic) bond motifs is 3. The van der Waals surface area contributed by atoms with Gasteiger partial charge in [0.1, 0.15) is 5.52 Å². The molecule has 0 N–H and O–H groups in total. The molecule has 1 fully saturated rings. The lowest BCUT2D eigenvalue weighted by molar-refractivity contribution is -0.384. The van der Waals surface area contributed by atoms with E-state index in [1.807, 2.05) is 48.2 Å². The van der Waals surface area contributed by atoms with Crippen molar-refractivity contribution in [2.75, 3.05) is 31.1 Å². The average molecular weight is 554 g/mol. The van der Waals surface area contributed by atoms with Crippen molar-refractivity contribution in [3.63, 3.8) is 0 Å². The van der Waals surface area contributed by atoms with E-state index in [0.29, 0.717) is 37.9 Å². The Morgan fingerprint density at radius 1 is 0.950 bits per heavy atom. The number of nitrogens with zero attached hydrogens (tertiary/aromatic N) is 7. The van der Waals surface area contributed by atoms with Crippen LogP contribution in [0.3, 0.4) is 0 Å². The van der Waals surface area contributed by atoms with Gasteiger partial charge in [0.2, 0.25) is 11.1 Å². The second-order valence-electron chi connectivity index (χ2n) is 9.70. The molecule has 11 heteroatoms. The average Bonchev–Trinajstić information content (AvgIpc) is 3.30. The lowest BCUT2D eigenvalue weighted by Crippen LogP contribution is -2.50. The summed E-state index contributed by atoms with van der Waals surface area (Å²) in [5.41, 5.74) is 4.68. The molecule has 1 saturated heterocycles. The molecule has 2 aromatic heterocycles. The number of nitro groups is 1. The molecule has 6 rings (SSSR count). The fourth-order valence-corrected chi connectivity index (χ4v) is 5.89. The van der Waals surface area contributed by atoms with E-state index in [0.717, 1.165) is 33.3 Å². The van der Waals surface area contributed by atoms with Crippen LogP contribution in [0.1, 0.15) is 12.5 Å². The summed E-state index contributed by atoms with van der Waals surface area (Å²) in [6.45, 7) is 4.99. The highest BCUT2D eigenvalue weighted by atomic mass is 32.2. The predicted molar refractivity (Wildman–Crippen MR) is 156 cm³/mol. The second-order valence-corrected chi connectivity index (χ2v) is 11.0. The maximum Gasteiger partial charge on any atom is 0.269 e. The van der Waals surface area contributed by atoms with E-state index in [1.165, 1.54) is 23.9 Å². The maximum atomic E-state index is 13.3. The Morgan fingerprint density at radius 3 is 2.38 bits per heavy atom. The van der Waals surface area contributed by atoms with E-state index in [2.05, 4.69) is 37.9 Å². The largest absolute Gasteiger partial charge is 0.368 e. The van der Waals surface area contributed by atoms with Crippen molar-refractivity contribution in [3.8, 4) is 0 Å². The molecule has 0 bridgehead atoms. The van der Waals surface area contributed by atoms with E-state index in [9.17, 15) is 14.9 Å². The minimum atomic E-state index is -0.403. The quantitative estimate of drug-likeness (QED) is 0.161. The SMILES string of the molecule is CC(Sc1nnc2c3ccccc3n(Cc3ccccc3)c2n1)C(=O)N1CCN(c2ccc([N+](=O)[O-])cc2)CC1. The molecule has 3 heterocycles. The van der Waals surface area contributed by atoms with E-state index < -0.39 is 4.92 Å². The summed E-state index contributed by atoms with van der Waals surface area (Å²) in [5, 5.41) is 20.9. The minimum Gasteiger partial charge on any atom is -0.368 e.